The molecule has 4 heterocycles. The van der Waals surface area contributed by atoms with E-state index in [1.807, 2.05) is 12.1 Å². The topological polar surface area (TPSA) is 131 Å². The molecule has 0 aliphatic carbocycles. The van der Waals surface area contributed by atoms with Gasteiger partial charge in [-0.2, -0.15) is 5.26 Å². The highest BCUT2D eigenvalue weighted by Crippen LogP contribution is 2.40. The fourth-order valence-corrected chi connectivity index (χ4v) is 6.85. The van der Waals surface area contributed by atoms with E-state index in [1.165, 1.54) is 22.0 Å². The molecule has 1 N–H and O–H groups in total. The van der Waals surface area contributed by atoms with Crippen molar-refractivity contribution in [3.8, 4) is 34.1 Å². The number of aromatic carboxylic acids is 1. The largest absolute Gasteiger partial charge is 0.491 e. The number of carbonyl (C=O) groups is 1. The Labute approximate surface area is 271 Å². The van der Waals surface area contributed by atoms with Crippen molar-refractivity contribution in [2.75, 3.05) is 6.61 Å². The lowest BCUT2D eigenvalue weighted by atomic mass is 9.96. The van der Waals surface area contributed by atoms with E-state index >= 15 is 4.39 Å². The Bertz CT molecular complexity index is 2320. The highest BCUT2D eigenvalue weighted by Gasteiger charge is 2.22. The van der Waals surface area contributed by atoms with Gasteiger partial charge < -0.3 is 9.84 Å². The number of carboxylic acids is 1. The van der Waals surface area contributed by atoms with Gasteiger partial charge in [0.1, 0.15) is 30.1 Å². The summed E-state index contributed by atoms with van der Waals surface area (Å²) >= 11 is 7.65. The molecule has 0 bridgehead atoms. The zero-order valence-electron chi connectivity index (χ0n) is 25.1. The Morgan fingerprint density at radius 3 is 2.46 bits per heavy atom. The van der Waals surface area contributed by atoms with Gasteiger partial charge >= 0.3 is 5.97 Å². The molecule has 12 heteroatoms. The summed E-state index contributed by atoms with van der Waals surface area (Å²) in [4.78, 5) is 38.9. The van der Waals surface area contributed by atoms with Crippen LogP contribution in [0.15, 0.2) is 52.6 Å². The molecule has 6 rings (SSSR count). The van der Waals surface area contributed by atoms with Crippen molar-refractivity contribution in [1.29, 1.82) is 5.26 Å². The second kappa shape index (κ2) is 12.0. The molecule has 0 unspecified atom stereocenters. The molecule has 0 fully saturated rings. The minimum Gasteiger partial charge on any atom is -0.491 e. The zero-order valence-corrected chi connectivity index (χ0v) is 26.7. The predicted molar refractivity (Wildman–Crippen MR) is 175 cm³/mol. The Morgan fingerprint density at radius 1 is 1.04 bits per heavy atom. The number of ether oxygens (including phenoxy) is 1. The third-order valence-corrected chi connectivity index (χ3v) is 8.80. The van der Waals surface area contributed by atoms with Gasteiger partial charge in [0, 0.05) is 50.2 Å². The normalized spacial score (nSPS) is 11.2. The van der Waals surface area contributed by atoms with Crippen LogP contribution in [0.3, 0.4) is 0 Å². The van der Waals surface area contributed by atoms with Gasteiger partial charge in [0.25, 0.3) is 5.56 Å². The summed E-state index contributed by atoms with van der Waals surface area (Å²) in [5.41, 5.74) is 3.76. The van der Waals surface area contributed by atoms with Gasteiger partial charge in [0.15, 0.2) is 0 Å². The molecule has 0 aliphatic heterocycles. The molecular formula is C34H25ClFN5O4S. The van der Waals surface area contributed by atoms with E-state index in [4.69, 9.17) is 16.3 Å². The van der Waals surface area contributed by atoms with Crippen LogP contribution < -0.4 is 10.3 Å². The van der Waals surface area contributed by atoms with Crippen molar-refractivity contribution >= 4 is 50.0 Å². The number of thiophene rings is 1. The summed E-state index contributed by atoms with van der Waals surface area (Å²) in [5.74, 6) is -0.927. The first-order chi connectivity index (χ1) is 22.0. The van der Waals surface area contributed by atoms with Crippen LogP contribution in [-0.4, -0.2) is 37.2 Å². The smallest absolute Gasteiger partial charge is 0.338 e. The van der Waals surface area contributed by atoms with Crippen LogP contribution in [0.4, 0.5) is 4.39 Å². The number of benzene rings is 2. The van der Waals surface area contributed by atoms with Crippen molar-refractivity contribution in [3.63, 3.8) is 0 Å². The number of fused-ring (bicyclic) bond motifs is 2. The number of carboxylic acid groups (broad SMARTS) is 1. The van der Waals surface area contributed by atoms with Crippen LogP contribution in [0.1, 0.15) is 38.8 Å². The summed E-state index contributed by atoms with van der Waals surface area (Å²) in [7, 11) is 0. The summed E-state index contributed by atoms with van der Waals surface area (Å²) in [6.45, 7) is 7.08. The predicted octanol–water partition coefficient (Wildman–Crippen LogP) is 7.41. The molecule has 9 nitrogen and oxygen atoms in total. The molecule has 0 saturated heterocycles. The number of hydrogen-bond acceptors (Lipinski definition) is 8. The molecule has 6 aromatic rings. The number of aromatic nitrogens is 4. The van der Waals surface area contributed by atoms with Crippen LogP contribution in [0.25, 0.3) is 43.4 Å². The van der Waals surface area contributed by atoms with Crippen molar-refractivity contribution in [3.05, 3.63) is 103 Å². The minimum absolute atomic E-state index is 0.0189. The maximum absolute atomic E-state index is 15.5. The molecule has 0 atom stereocenters. The Kier molecular flexibility index (Phi) is 8.02. The fourth-order valence-electron chi connectivity index (χ4n) is 5.67. The Balaban J connectivity index is 1.39. The van der Waals surface area contributed by atoms with Crippen molar-refractivity contribution in [1.82, 2.24) is 19.5 Å². The lowest BCUT2D eigenvalue weighted by Gasteiger charge is -2.16. The molecule has 2 aromatic carbocycles. The van der Waals surface area contributed by atoms with E-state index in [1.54, 1.807) is 63.4 Å². The van der Waals surface area contributed by atoms with Gasteiger partial charge in [-0.05, 0) is 69.7 Å². The average molecular weight is 654 g/mol. The second-order valence-electron chi connectivity index (χ2n) is 10.8. The SMILES string of the molecule is Cc1cc(-c2c(F)cc3nc(C)n(CCOc4ccc(Cl)cc4-c4cc(C)nc5c(C(=O)O)csc45)c(=O)c3c2C#N)cc(C)n1. The number of nitriles is 1. The molecule has 0 amide bonds. The average Bonchev–Trinajstić information content (AvgIpc) is 3.42. The van der Waals surface area contributed by atoms with Crippen LogP contribution >= 0.6 is 22.9 Å². The molecule has 0 aliphatic rings. The van der Waals surface area contributed by atoms with Gasteiger partial charge in [-0.1, -0.05) is 11.6 Å². The first-order valence-corrected chi connectivity index (χ1v) is 15.4. The first kappa shape index (κ1) is 30.8. The summed E-state index contributed by atoms with van der Waals surface area (Å²) < 4.78 is 23.7. The maximum atomic E-state index is 15.5. The quantitative estimate of drug-likeness (QED) is 0.188. The maximum Gasteiger partial charge on any atom is 0.338 e. The Morgan fingerprint density at radius 2 is 1.76 bits per heavy atom. The van der Waals surface area contributed by atoms with Crippen molar-refractivity contribution in [2.45, 2.75) is 34.2 Å². The second-order valence-corrected chi connectivity index (χ2v) is 12.1. The summed E-state index contributed by atoms with van der Waals surface area (Å²) in [6, 6.07) is 13.5. The highest BCUT2D eigenvalue weighted by molar-refractivity contribution is 7.18. The van der Waals surface area contributed by atoms with E-state index in [0.717, 1.165) is 0 Å². The third kappa shape index (κ3) is 5.46. The summed E-state index contributed by atoms with van der Waals surface area (Å²) in [6.07, 6.45) is 0. The molecule has 46 heavy (non-hydrogen) atoms. The zero-order chi connectivity index (χ0) is 32.9. The third-order valence-electron chi connectivity index (χ3n) is 7.56. The minimum atomic E-state index is -1.07. The van der Waals surface area contributed by atoms with E-state index < -0.39 is 17.3 Å². The monoisotopic (exact) mass is 653 g/mol. The van der Waals surface area contributed by atoms with E-state index in [2.05, 4.69) is 15.0 Å². The molecule has 0 spiro atoms. The first-order valence-electron chi connectivity index (χ1n) is 14.1. The lowest BCUT2D eigenvalue weighted by Crippen LogP contribution is -2.27. The van der Waals surface area contributed by atoms with E-state index in [-0.39, 0.29) is 40.7 Å². The van der Waals surface area contributed by atoms with E-state index in [0.29, 0.717) is 60.6 Å². The molecule has 230 valence electrons. The number of pyridine rings is 2. The van der Waals surface area contributed by atoms with Crippen LogP contribution in [0.2, 0.25) is 5.02 Å². The Hall–Kier alpha value is -5.18. The van der Waals surface area contributed by atoms with Gasteiger partial charge in [-0.3, -0.25) is 19.3 Å². The van der Waals surface area contributed by atoms with Crippen LogP contribution in [-0.2, 0) is 6.54 Å². The number of halogens is 2. The molecule has 0 radical (unpaired) electrons. The van der Waals surface area contributed by atoms with Crippen molar-refractivity contribution in [2.24, 2.45) is 0 Å². The number of rotatable bonds is 7. The fraction of sp³-hybridized carbons (Fsp3) is 0.176. The van der Waals surface area contributed by atoms with Gasteiger partial charge in [0.2, 0.25) is 0 Å². The molecule has 0 saturated carbocycles. The standard InChI is InChI=1S/C34H25ClFN5O4S/c1-16-9-20(10-17(2)38-16)29-24(14-37)30-27(13-26(29)36)40-19(4)41(33(30)42)7-8-45-28-6-5-21(35)12-22(28)23-11-18(3)39-31-25(34(43)44)15-46-32(23)31/h5-6,9-13,15H,7-8H2,1-4H3,(H,43,44). The van der Waals surface area contributed by atoms with Crippen LogP contribution in [0.5, 0.6) is 5.75 Å². The summed E-state index contributed by atoms with van der Waals surface area (Å²) in [5, 5.41) is 21.8. The lowest BCUT2D eigenvalue weighted by molar-refractivity contribution is 0.0699. The molecular weight excluding hydrogens is 629 g/mol. The van der Waals surface area contributed by atoms with Crippen molar-refractivity contribution < 1.29 is 19.0 Å². The van der Waals surface area contributed by atoms with Crippen LogP contribution in [0, 0.1) is 44.8 Å². The van der Waals surface area contributed by atoms with Gasteiger partial charge in [0.05, 0.1) is 38.8 Å². The number of aryl methyl sites for hydroxylation is 4. The van der Waals surface area contributed by atoms with E-state index in [9.17, 15) is 20.0 Å². The van der Waals surface area contributed by atoms with Gasteiger partial charge in [-0.25, -0.2) is 14.2 Å². The van der Waals surface area contributed by atoms with Gasteiger partial charge in [-0.15, -0.1) is 11.3 Å². The molecule has 4 aromatic heterocycles. The number of hydrogen-bond donors (Lipinski definition) is 1. The highest BCUT2D eigenvalue weighted by atomic mass is 35.5. The number of nitrogens with zero attached hydrogens (tertiary/aromatic N) is 5.